The van der Waals surface area contributed by atoms with E-state index in [1.807, 2.05) is 0 Å². The van der Waals surface area contributed by atoms with Crippen molar-refractivity contribution in [3.8, 4) is 0 Å². The first-order valence-corrected chi connectivity index (χ1v) is 7.63. The van der Waals surface area contributed by atoms with Crippen molar-refractivity contribution in [2.24, 2.45) is 0 Å². The first-order chi connectivity index (χ1) is 8.41. The lowest BCUT2D eigenvalue weighted by atomic mass is 9.86. The molecular weight excluding hydrogens is 218 g/mol. The molecule has 0 saturated heterocycles. The normalized spacial score (nSPS) is 18.6. The molecule has 102 valence electrons. The molecule has 0 spiro atoms. The third-order valence-corrected chi connectivity index (χ3v) is 4.26. The number of hydrogen-bond donors (Lipinski definition) is 0. The van der Waals surface area contributed by atoms with Crippen LogP contribution in [0.1, 0.15) is 90.1 Å². The third kappa shape index (κ3) is 2.65. The van der Waals surface area contributed by atoms with Crippen LogP contribution in [0.5, 0.6) is 0 Å². The van der Waals surface area contributed by atoms with E-state index in [2.05, 4.69) is 51.3 Å². The first-order valence-electron chi connectivity index (χ1n) is 7.63. The highest BCUT2D eigenvalue weighted by Gasteiger charge is 2.26. The minimum Gasteiger partial charge on any atom is -0.345 e. The van der Waals surface area contributed by atoms with Crippen LogP contribution in [0, 0.1) is 0 Å². The molecule has 0 aliphatic heterocycles. The van der Waals surface area contributed by atoms with Gasteiger partial charge in [-0.15, -0.1) is 0 Å². The van der Waals surface area contributed by atoms with Crippen LogP contribution in [0.25, 0.3) is 0 Å². The molecule has 0 aromatic carbocycles. The average molecular weight is 247 g/mol. The molecule has 1 heteroatoms. The van der Waals surface area contributed by atoms with Crippen molar-refractivity contribution >= 4 is 0 Å². The van der Waals surface area contributed by atoms with E-state index in [0.717, 1.165) is 5.92 Å². The predicted octanol–water partition coefficient (Wildman–Crippen LogP) is 5.41. The number of aromatic nitrogens is 1. The quantitative estimate of drug-likeness (QED) is 0.658. The summed E-state index contributed by atoms with van der Waals surface area (Å²) in [5, 5.41) is 0. The van der Waals surface area contributed by atoms with Crippen molar-refractivity contribution in [3.05, 3.63) is 23.5 Å². The van der Waals surface area contributed by atoms with Crippen molar-refractivity contribution in [3.63, 3.8) is 0 Å². The molecular formula is C17H29N. The molecule has 0 N–H and O–H groups in total. The zero-order chi connectivity index (χ0) is 13.3. The van der Waals surface area contributed by atoms with Crippen LogP contribution in [-0.2, 0) is 5.41 Å². The minimum absolute atomic E-state index is 0.247. The first kappa shape index (κ1) is 13.7. The summed E-state index contributed by atoms with van der Waals surface area (Å²) in [7, 11) is 0. The topological polar surface area (TPSA) is 4.93 Å². The van der Waals surface area contributed by atoms with E-state index in [9.17, 15) is 0 Å². The zero-order valence-electron chi connectivity index (χ0n) is 12.8. The Balaban J connectivity index is 2.38. The number of hydrogen-bond acceptors (Lipinski definition) is 0. The Hall–Kier alpha value is -0.720. The van der Waals surface area contributed by atoms with E-state index >= 15 is 0 Å². The van der Waals surface area contributed by atoms with Crippen molar-refractivity contribution in [2.45, 2.75) is 84.1 Å². The molecule has 1 nitrogen and oxygen atoms in total. The molecule has 1 aliphatic rings. The van der Waals surface area contributed by atoms with Crippen LogP contribution < -0.4 is 0 Å². The maximum Gasteiger partial charge on any atom is 0.0279 e. The van der Waals surface area contributed by atoms with Crippen LogP contribution in [0.3, 0.4) is 0 Å². The Morgan fingerprint density at radius 3 is 2.17 bits per heavy atom. The van der Waals surface area contributed by atoms with Crippen molar-refractivity contribution in [1.29, 1.82) is 0 Å². The van der Waals surface area contributed by atoms with E-state index in [4.69, 9.17) is 0 Å². The monoisotopic (exact) mass is 247 g/mol. The molecule has 18 heavy (non-hydrogen) atoms. The largest absolute Gasteiger partial charge is 0.345 e. The molecule has 2 rings (SSSR count). The Morgan fingerprint density at radius 1 is 1.06 bits per heavy atom. The standard InChI is InChI=1S/C17H29N/c1-13(2)18-15(14-9-7-6-8-10-14)11-12-16(18)17(3,4)5/h11-14H,6-10H2,1-5H3. The maximum atomic E-state index is 2.61. The van der Waals surface area contributed by atoms with Gasteiger partial charge in [-0.25, -0.2) is 0 Å². The van der Waals surface area contributed by atoms with Crippen LogP contribution in [0.4, 0.5) is 0 Å². The third-order valence-electron chi connectivity index (χ3n) is 4.26. The molecule has 1 aromatic rings. The van der Waals surface area contributed by atoms with Gasteiger partial charge >= 0.3 is 0 Å². The second-order valence-electron chi connectivity index (χ2n) is 7.19. The van der Waals surface area contributed by atoms with Gasteiger partial charge < -0.3 is 4.57 Å². The number of nitrogens with zero attached hydrogens (tertiary/aromatic N) is 1. The zero-order valence-corrected chi connectivity index (χ0v) is 12.8. The van der Waals surface area contributed by atoms with Crippen molar-refractivity contribution in [2.75, 3.05) is 0 Å². The van der Waals surface area contributed by atoms with Crippen molar-refractivity contribution < 1.29 is 0 Å². The maximum absolute atomic E-state index is 2.61. The van der Waals surface area contributed by atoms with Gasteiger partial charge in [0.05, 0.1) is 0 Å². The minimum atomic E-state index is 0.247. The van der Waals surface area contributed by atoms with E-state index in [-0.39, 0.29) is 5.41 Å². The van der Waals surface area contributed by atoms with Gasteiger partial charge in [0, 0.05) is 22.8 Å². The lowest BCUT2D eigenvalue weighted by Gasteiger charge is -2.29. The van der Waals surface area contributed by atoms with Crippen LogP contribution in [0.2, 0.25) is 0 Å². The molecule has 1 fully saturated rings. The Labute approximate surface area is 113 Å². The highest BCUT2D eigenvalue weighted by atomic mass is 15.0. The lowest BCUT2D eigenvalue weighted by Crippen LogP contribution is -2.21. The van der Waals surface area contributed by atoms with Gasteiger partial charge in [-0.2, -0.15) is 0 Å². The molecule has 0 unspecified atom stereocenters. The van der Waals surface area contributed by atoms with E-state index < -0.39 is 0 Å². The highest BCUT2D eigenvalue weighted by molar-refractivity contribution is 5.26. The van der Waals surface area contributed by atoms with Crippen LogP contribution in [0.15, 0.2) is 12.1 Å². The molecule has 1 heterocycles. The van der Waals surface area contributed by atoms with E-state index in [0.29, 0.717) is 6.04 Å². The predicted molar refractivity (Wildman–Crippen MR) is 79.3 cm³/mol. The second-order valence-corrected chi connectivity index (χ2v) is 7.19. The summed E-state index contributed by atoms with van der Waals surface area (Å²) in [6.45, 7) is 11.6. The van der Waals surface area contributed by atoms with Gasteiger partial charge in [-0.1, -0.05) is 40.0 Å². The fraction of sp³-hybridized carbons (Fsp3) is 0.765. The molecule has 0 bridgehead atoms. The fourth-order valence-electron chi connectivity index (χ4n) is 3.38. The van der Waals surface area contributed by atoms with E-state index in [1.165, 1.54) is 37.8 Å². The SMILES string of the molecule is CC(C)n1c(C2CCCCC2)ccc1C(C)(C)C. The van der Waals surface area contributed by atoms with E-state index in [1.54, 1.807) is 5.69 Å². The fourth-order valence-corrected chi connectivity index (χ4v) is 3.38. The highest BCUT2D eigenvalue weighted by Crippen LogP contribution is 2.37. The molecule has 1 aliphatic carbocycles. The summed E-state index contributed by atoms with van der Waals surface area (Å²) < 4.78 is 2.61. The second kappa shape index (κ2) is 5.11. The average Bonchev–Trinajstić information content (AvgIpc) is 2.74. The van der Waals surface area contributed by atoms with Gasteiger partial charge in [-0.05, 0) is 44.7 Å². The summed E-state index contributed by atoms with van der Waals surface area (Å²) in [5.41, 5.74) is 3.34. The van der Waals surface area contributed by atoms with Gasteiger partial charge in [0.15, 0.2) is 0 Å². The molecule has 0 amide bonds. The van der Waals surface area contributed by atoms with Crippen LogP contribution >= 0.6 is 0 Å². The Bertz CT molecular complexity index is 386. The van der Waals surface area contributed by atoms with Gasteiger partial charge in [0.25, 0.3) is 0 Å². The van der Waals surface area contributed by atoms with Gasteiger partial charge in [-0.3, -0.25) is 0 Å². The summed E-state index contributed by atoms with van der Waals surface area (Å²) in [6, 6.07) is 5.34. The van der Waals surface area contributed by atoms with Crippen LogP contribution in [-0.4, -0.2) is 4.57 Å². The molecule has 1 saturated carbocycles. The molecule has 1 aromatic heterocycles. The molecule has 0 atom stereocenters. The Morgan fingerprint density at radius 2 is 1.67 bits per heavy atom. The van der Waals surface area contributed by atoms with Gasteiger partial charge in [0.1, 0.15) is 0 Å². The smallest absolute Gasteiger partial charge is 0.0279 e. The van der Waals surface area contributed by atoms with Crippen molar-refractivity contribution in [1.82, 2.24) is 4.57 Å². The lowest BCUT2D eigenvalue weighted by molar-refractivity contribution is 0.400. The van der Waals surface area contributed by atoms with Gasteiger partial charge in [0.2, 0.25) is 0 Å². The summed E-state index contributed by atoms with van der Waals surface area (Å²) >= 11 is 0. The summed E-state index contributed by atoms with van der Waals surface area (Å²) in [5.74, 6) is 0.803. The molecule has 0 radical (unpaired) electrons. The summed E-state index contributed by atoms with van der Waals surface area (Å²) in [4.78, 5) is 0. The summed E-state index contributed by atoms with van der Waals surface area (Å²) in [6.07, 6.45) is 7.04. The number of rotatable bonds is 2. The Kier molecular flexibility index (Phi) is 3.89.